The lowest BCUT2D eigenvalue weighted by Gasteiger charge is -2.38. The summed E-state index contributed by atoms with van der Waals surface area (Å²) in [5.41, 5.74) is 2.17. The smallest absolute Gasteiger partial charge is 0.193 e. The standard InChI is InChI=1S/C21H29NO2SSi/c1-17-12-14-19(15-13-17)25(23)22-16-20(18-10-8-7-9-11-18)24-26(5,6)21(2,3)4/h7-16,20H,1-6H3/b22-16+/t20-,25?/m1/s1. The van der Waals surface area contributed by atoms with Crippen molar-refractivity contribution in [2.24, 2.45) is 4.40 Å². The van der Waals surface area contributed by atoms with Gasteiger partial charge in [-0.15, -0.1) is 0 Å². The summed E-state index contributed by atoms with van der Waals surface area (Å²) >= 11 is 0. The van der Waals surface area contributed by atoms with Crippen LogP contribution in [0.1, 0.15) is 38.0 Å². The summed E-state index contributed by atoms with van der Waals surface area (Å²) in [6.07, 6.45) is 1.40. The van der Waals surface area contributed by atoms with E-state index >= 15 is 0 Å². The van der Waals surface area contributed by atoms with E-state index in [0.717, 1.165) is 11.1 Å². The van der Waals surface area contributed by atoms with E-state index in [4.69, 9.17) is 4.43 Å². The molecule has 0 amide bonds. The van der Waals surface area contributed by atoms with Gasteiger partial charge in [0.2, 0.25) is 0 Å². The zero-order valence-electron chi connectivity index (χ0n) is 16.5. The summed E-state index contributed by atoms with van der Waals surface area (Å²) < 4.78 is 23.4. The number of hydrogen-bond donors (Lipinski definition) is 0. The average molecular weight is 388 g/mol. The largest absolute Gasteiger partial charge is 0.405 e. The Morgan fingerprint density at radius 2 is 1.62 bits per heavy atom. The van der Waals surface area contributed by atoms with Crippen LogP contribution in [0.15, 0.2) is 63.9 Å². The van der Waals surface area contributed by atoms with Crippen molar-refractivity contribution < 1.29 is 8.63 Å². The molecular formula is C21H29NO2SSi. The molecule has 0 fully saturated rings. The third-order valence-corrected chi connectivity index (χ3v) is 10.3. The zero-order chi connectivity index (χ0) is 19.4. The van der Waals surface area contributed by atoms with E-state index in [2.05, 4.69) is 38.3 Å². The van der Waals surface area contributed by atoms with Crippen molar-refractivity contribution in [3.8, 4) is 0 Å². The molecule has 140 valence electrons. The first kappa shape index (κ1) is 20.7. The van der Waals surface area contributed by atoms with Crippen LogP contribution in [-0.2, 0) is 15.4 Å². The molecule has 1 unspecified atom stereocenters. The molecule has 0 bridgehead atoms. The van der Waals surface area contributed by atoms with Crippen LogP contribution in [0.25, 0.3) is 0 Å². The SMILES string of the molecule is Cc1ccc(S(=O)/N=C/[C@@H](O[Si](C)(C)C(C)(C)C)c2ccccc2)cc1. The van der Waals surface area contributed by atoms with E-state index < -0.39 is 19.3 Å². The molecule has 3 nitrogen and oxygen atoms in total. The lowest BCUT2D eigenvalue weighted by atomic mass is 10.1. The minimum atomic E-state index is -2.00. The Labute approximate surface area is 161 Å². The van der Waals surface area contributed by atoms with Crippen molar-refractivity contribution in [1.82, 2.24) is 0 Å². The van der Waals surface area contributed by atoms with Gasteiger partial charge < -0.3 is 4.43 Å². The van der Waals surface area contributed by atoms with Gasteiger partial charge >= 0.3 is 0 Å². The van der Waals surface area contributed by atoms with Gasteiger partial charge in [0, 0.05) is 6.21 Å². The molecule has 0 saturated heterocycles. The van der Waals surface area contributed by atoms with Gasteiger partial charge in [-0.3, -0.25) is 0 Å². The van der Waals surface area contributed by atoms with Gasteiger partial charge in [0.25, 0.3) is 0 Å². The van der Waals surface area contributed by atoms with E-state index in [9.17, 15) is 4.21 Å². The molecule has 0 aliphatic rings. The Kier molecular flexibility index (Phi) is 6.72. The highest BCUT2D eigenvalue weighted by atomic mass is 32.2. The summed E-state index contributed by atoms with van der Waals surface area (Å²) in [6.45, 7) is 13.1. The molecule has 2 aromatic rings. The van der Waals surface area contributed by atoms with Crippen molar-refractivity contribution in [3.05, 3.63) is 65.7 Å². The number of benzene rings is 2. The van der Waals surface area contributed by atoms with Gasteiger partial charge in [0.1, 0.15) is 6.10 Å². The normalized spacial score (nSPS) is 15.2. The molecular weight excluding hydrogens is 358 g/mol. The molecule has 0 saturated carbocycles. The number of hydrogen-bond acceptors (Lipinski definition) is 2. The fourth-order valence-electron chi connectivity index (χ4n) is 2.15. The van der Waals surface area contributed by atoms with Crippen LogP contribution in [0.5, 0.6) is 0 Å². The molecule has 2 rings (SSSR count). The van der Waals surface area contributed by atoms with Crippen LogP contribution in [0.2, 0.25) is 18.1 Å². The van der Waals surface area contributed by atoms with Crippen LogP contribution in [-0.4, -0.2) is 18.7 Å². The average Bonchev–Trinajstić information content (AvgIpc) is 2.58. The second-order valence-corrected chi connectivity index (χ2v) is 14.0. The second-order valence-electron chi connectivity index (χ2n) is 8.03. The highest BCUT2D eigenvalue weighted by molar-refractivity contribution is 7.83. The highest BCUT2D eigenvalue weighted by Crippen LogP contribution is 2.39. The summed E-state index contributed by atoms with van der Waals surface area (Å²) in [5.74, 6) is 0. The predicted molar refractivity (Wildman–Crippen MR) is 114 cm³/mol. The monoisotopic (exact) mass is 387 g/mol. The third kappa shape index (κ3) is 5.46. The molecule has 5 heteroatoms. The fraction of sp³-hybridized carbons (Fsp3) is 0.381. The lowest BCUT2D eigenvalue weighted by Crippen LogP contribution is -2.42. The predicted octanol–water partition coefficient (Wildman–Crippen LogP) is 5.85. The molecule has 0 aromatic heterocycles. The maximum absolute atomic E-state index is 12.5. The first-order chi connectivity index (χ1) is 12.1. The van der Waals surface area contributed by atoms with Gasteiger partial charge in [-0.2, -0.15) is 4.40 Å². The fourth-order valence-corrected chi connectivity index (χ4v) is 4.04. The minimum absolute atomic E-state index is 0.0873. The highest BCUT2D eigenvalue weighted by Gasteiger charge is 2.39. The van der Waals surface area contributed by atoms with Crippen LogP contribution in [0.4, 0.5) is 0 Å². The molecule has 0 spiro atoms. The van der Waals surface area contributed by atoms with Crippen molar-refractivity contribution in [3.63, 3.8) is 0 Å². The lowest BCUT2D eigenvalue weighted by molar-refractivity contribution is 0.251. The van der Waals surface area contributed by atoms with Gasteiger partial charge in [-0.25, -0.2) is 4.21 Å². The topological polar surface area (TPSA) is 38.7 Å². The third-order valence-electron chi connectivity index (χ3n) is 4.87. The number of aryl methyl sites for hydroxylation is 1. The molecule has 26 heavy (non-hydrogen) atoms. The van der Waals surface area contributed by atoms with Crippen molar-refractivity contribution >= 4 is 25.5 Å². The van der Waals surface area contributed by atoms with E-state index in [-0.39, 0.29) is 11.1 Å². The Balaban J connectivity index is 2.27. The van der Waals surface area contributed by atoms with E-state index in [1.54, 1.807) is 6.21 Å². The Morgan fingerprint density at radius 3 is 2.15 bits per heavy atom. The second kappa shape index (κ2) is 8.42. The molecule has 2 atom stereocenters. The van der Waals surface area contributed by atoms with Gasteiger partial charge in [-0.05, 0) is 42.8 Å². The van der Waals surface area contributed by atoms with Crippen molar-refractivity contribution in [1.29, 1.82) is 0 Å². The van der Waals surface area contributed by atoms with E-state index in [0.29, 0.717) is 4.90 Å². The van der Waals surface area contributed by atoms with E-state index in [1.807, 2.05) is 61.5 Å². The van der Waals surface area contributed by atoms with Crippen molar-refractivity contribution in [2.45, 2.75) is 56.8 Å². The number of nitrogens with zero attached hydrogens (tertiary/aromatic N) is 1. The number of rotatable bonds is 6. The first-order valence-electron chi connectivity index (χ1n) is 8.86. The quantitative estimate of drug-likeness (QED) is 0.460. The molecule has 0 N–H and O–H groups in total. The van der Waals surface area contributed by atoms with Crippen LogP contribution in [0, 0.1) is 6.92 Å². The van der Waals surface area contributed by atoms with Gasteiger partial charge in [0.15, 0.2) is 19.3 Å². The Hall–Kier alpha value is -1.56. The van der Waals surface area contributed by atoms with Crippen LogP contribution >= 0.6 is 0 Å². The minimum Gasteiger partial charge on any atom is -0.405 e. The van der Waals surface area contributed by atoms with Gasteiger partial charge in [-0.1, -0.05) is 68.8 Å². The zero-order valence-corrected chi connectivity index (χ0v) is 18.3. The molecule has 0 aliphatic heterocycles. The Morgan fingerprint density at radius 1 is 1.04 bits per heavy atom. The molecule has 0 aliphatic carbocycles. The van der Waals surface area contributed by atoms with Crippen molar-refractivity contribution in [2.75, 3.05) is 0 Å². The summed E-state index contributed by atoms with van der Waals surface area (Å²) in [7, 11) is -3.43. The maximum atomic E-state index is 12.5. The molecule has 0 heterocycles. The summed E-state index contributed by atoms with van der Waals surface area (Å²) in [5, 5.41) is 0.0873. The summed E-state index contributed by atoms with van der Waals surface area (Å²) in [6, 6.07) is 17.6. The van der Waals surface area contributed by atoms with Crippen LogP contribution in [0.3, 0.4) is 0 Å². The maximum Gasteiger partial charge on any atom is 0.193 e. The first-order valence-corrected chi connectivity index (χ1v) is 12.9. The van der Waals surface area contributed by atoms with Gasteiger partial charge in [0.05, 0.1) is 4.90 Å². The Bertz CT molecular complexity index is 765. The molecule has 0 radical (unpaired) electrons. The van der Waals surface area contributed by atoms with Crippen LogP contribution < -0.4 is 0 Å². The summed E-state index contributed by atoms with van der Waals surface area (Å²) in [4.78, 5) is 0.700. The molecule has 2 aromatic carbocycles. The van der Waals surface area contributed by atoms with E-state index in [1.165, 1.54) is 0 Å².